The monoisotopic (exact) mass is 424 g/mol. The standard InChI is InChI=1S/C23H24N2O4S/c26-23(27)22(16-18-6-2-1-3-7-18)24-12-14-25(15-13-24)30(28,29)21-11-10-19-8-4-5-9-20(19)17-21/h1-11,17,22H,12-16H2,(H,26,27). The van der Waals surface area contributed by atoms with Gasteiger partial charge in [-0.15, -0.1) is 0 Å². The van der Waals surface area contributed by atoms with Crippen molar-refractivity contribution in [1.29, 1.82) is 0 Å². The molecule has 4 rings (SSSR count). The van der Waals surface area contributed by atoms with Gasteiger partial charge in [-0.05, 0) is 34.9 Å². The summed E-state index contributed by atoms with van der Waals surface area (Å²) in [6.07, 6.45) is 0.396. The Morgan fingerprint density at radius 1 is 0.867 bits per heavy atom. The van der Waals surface area contributed by atoms with Crippen LogP contribution >= 0.6 is 0 Å². The maximum atomic E-state index is 13.1. The summed E-state index contributed by atoms with van der Waals surface area (Å²) in [7, 11) is -3.62. The fraction of sp³-hybridized carbons (Fsp3) is 0.261. The number of piperazine rings is 1. The molecule has 1 saturated heterocycles. The van der Waals surface area contributed by atoms with Gasteiger partial charge >= 0.3 is 5.97 Å². The van der Waals surface area contributed by atoms with Crippen LogP contribution in [0.15, 0.2) is 77.7 Å². The van der Waals surface area contributed by atoms with E-state index in [1.54, 1.807) is 12.1 Å². The van der Waals surface area contributed by atoms with Crippen LogP contribution in [0, 0.1) is 0 Å². The van der Waals surface area contributed by atoms with Crippen LogP contribution in [0.3, 0.4) is 0 Å². The number of rotatable bonds is 6. The first-order chi connectivity index (χ1) is 14.4. The summed E-state index contributed by atoms with van der Waals surface area (Å²) in [5, 5.41) is 11.6. The third-order valence-electron chi connectivity index (χ3n) is 5.63. The van der Waals surface area contributed by atoms with E-state index in [1.807, 2.05) is 65.6 Å². The van der Waals surface area contributed by atoms with Crippen LogP contribution in [0.25, 0.3) is 10.8 Å². The number of aliphatic carboxylic acids is 1. The Hall–Kier alpha value is -2.74. The third-order valence-corrected chi connectivity index (χ3v) is 7.52. The van der Waals surface area contributed by atoms with E-state index in [0.29, 0.717) is 19.5 Å². The summed E-state index contributed by atoms with van der Waals surface area (Å²) < 4.78 is 27.7. The molecule has 1 atom stereocenters. The molecule has 156 valence electrons. The minimum Gasteiger partial charge on any atom is -0.480 e. The lowest BCUT2D eigenvalue weighted by Crippen LogP contribution is -2.54. The minimum atomic E-state index is -3.62. The summed E-state index contributed by atoms with van der Waals surface area (Å²) >= 11 is 0. The maximum Gasteiger partial charge on any atom is 0.321 e. The van der Waals surface area contributed by atoms with Crippen molar-refractivity contribution in [3.05, 3.63) is 78.4 Å². The highest BCUT2D eigenvalue weighted by atomic mass is 32.2. The Kier molecular flexibility index (Phi) is 5.85. The van der Waals surface area contributed by atoms with E-state index in [0.717, 1.165) is 16.3 Å². The molecular weight excluding hydrogens is 400 g/mol. The molecule has 1 aliphatic heterocycles. The lowest BCUT2D eigenvalue weighted by molar-refractivity contribution is -0.143. The van der Waals surface area contributed by atoms with Crippen molar-refractivity contribution < 1.29 is 18.3 Å². The van der Waals surface area contributed by atoms with Gasteiger partial charge in [-0.25, -0.2) is 8.42 Å². The van der Waals surface area contributed by atoms with E-state index < -0.39 is 22.0 Å². The quantitative estimate of drug-likeness (QED) is 0.658. The molecule has 3 aromatic rings. The van der Waals surface area contributed by atoms with Gasteiger partial charge in [0.2, 0.25) is 10.0 Å². The Bertz CT molecular complexity index is 1140. The van der Waals surface area contributed by atoms with Crippen molar-refractivity contribution in [1.82, 2.24) is 9.21 Å². The fourth-order valence-electron chi connectivity index (χ4n) is 3.94. The van der Waals surface area contributed by atoms with Gasteiger partial charge < -0.3 is 5.11 Å². The molecule has 0 saturated carbocycles. The highest BCUT2D eigenvalue weighted by Gasteiger charge is 2.33. The molecular formula is C23H24N2O4S. The lowest BCUT2D eigenvalue weighted by Gasteiger charge is -2.37. The number of carboxylic acid groups (broad SMARTS) is 1. The zero-order chi connectivity index (χ0) is 21.1. The molecule has 1 unspecified atom stereocenters. The second-order valence-electron chi connectivity index (χ2n) is 7.49. The van der Waals surface area contributed by atoms with Crippen LogP contribution in [0.1, 0.15) is 5.56 Å². The molecule has 7 heteroatoms. The Balaban J connectivity index is 1.47. The summed E-state index contributed by atoms with van der Waals surface area (Å²) in [6, 6.07) is 21.6. The van der Waals surface area contributed by atoms with Gasteiger partial charge in [0.15, 0.2) is 0 Å². The molecule has 3 aromatic carbocycles. The molecule has 30 heavy (non-hydrogen) atoms. The van der Waals surface area contributed by atoms with Gasteiger partial charge in [0.1, 0.15) is 6.04 Å². The molecule has 0 spiro atoms. The highest BCUT2D eigenvalue weighted by molar-refractivity contribution is 7.89. The largest absolute Gasteiger partial charge is 0.480 e. The average molecular weight is 425 g/mol. The van der Waals surface area contributed by atoms with E-state index >= 15 is 0 Å². The topological polar surface area (TPSA) is 77.9 Å². The number of benzene rings is 3. The Morgan fingerprint density at radius 3 is 2.17 bits per heavy atom. The second kappa shape index (κ2) is 8.55. The van der Waals surface area contributed by atoms with Crippen molar-refractivity contribution >= 4 is 26.8 Å². The number of hydrogen-bond acceptors (Lipinski definition) is 4. The Labute approximate surface area is 176 Å². The van der Waals surface area contributed by atoms with Crippen molar-refractivity contribution in [3.8, 4) is 0 Å². The summed E-state index contributed by atoms with van der Waals surface area (Å²) in [5.74, 6) is -0.885. The van der Waals surface area contributed by atoms with Crippen molar-refractivity contribution in [2.75, 3.05) is 26.2 Å². The van der Waals surface area contributed by atoms with Gasteiger partial charge in [0.25, 0.3) is 0 Å². The number of fused-ring (bicyclic) bond motifs is 1. The van der Waals surface area contributed by atoms with Crippen molar-refractivity contribution in [2.24, 2.45) is 0 Å². The van der Waals surface area contributed by atoms with Gasteiger partial charge in [0, 0.05) is 26.2 Å². The molecule has 1 heterocycles. The predicted molar refractivity (Wildman–Crippen MR) is 116 cm³/mol. The summed E-state index contributed by atoms with van der Waals surface area (Å²) in [5.41, 5.74) is 0.955. The van der Waals surface area contributed by atoms with E-state index in [-0.39, 0.29) is 18.0 Å². The average Bonchev–Trinajstić information content (AvgIpc) is 2.78. The van der Waals surface area contributed by atoms with Crippen LogP contribution < -0.4 is 0 Å². The lowest BCUT2D eigenvalue weighted by atomic mass is 10.0. The normalized spacial score (nSPS) is 17.1. The third kappa shape index (κ3) is 4.23. The zero-order valence-electron chi connectivity index (χ0n) is 16.5. The molecule has 0 aliphatic carbocycles. The van der Waals surface area contributed by atoms with E-state index in [2.05, 4.69) is 0 Å². The van der Waals surface area contributed by atoms with Gasteiger partial charge in [-0.1, -0.05) is 60.7 Å². The smallest absolute Gasteiger partial charge is 0.321 e. The molecule has 0 radical (unpaired) electrons. The molecule has 1 fully saturated rings. The molecule has 6 nitrogen and oxygen atoms in total. The number of hydrogen-bond donors (Lipinski definition) is 1. The van der Waals surface area contributed by atoms with Crippen LogP contribution in [0.4, 0.5) is 0 Å². The number of sulfonamides is 1. The first-order valence-corrected chi connectivity index (χ1v) is 11.4. The van der Waals surface area contributed by atoms with E-state index in [1.165, 1.54) is 4.31 Å². The van der Waals surface area contributed by atoms with E-state index in [9.17, 15) is 18.3 Å². The molecule has 0 amide bonds. The minimum absolute atomic E-state index is 0.272. The van der Waals surface area contributed by atoms with Gasteiger partial charge in [-0.2, -0.15) is 4.31 Å². The predicted octanol–water partition coefficient (Wildman–Crippen LogP) is 2.84. The summed E-state index contributed by atoms with van der Waals surface area (Å²) in [4.78, 5) is 14.0. The van der Waals surface area contributed by atoms with Crippen LogP contribution in [0.5, 0.6) is 0 Å². The van der Waals surface area contributed by atoms with Gasteiger partial charge in [0.05, 0.1) is 4.90 Å². The zero-order valence-corrected chi connectivity index (χ0v) is 17.3. The van der Waals surface area contributed by atoms with E-state index in [4.69, 9.17) is 0 Å². The molecule has 1 aliphatic rings. The Morgan fingerprint density at radius 2 is 1.50 bits per heavy atom. The molecule has 1 N–H and O–H groups in total. The molecule has 0 bridgehead atoms. The SMILES string of the molecule is O=C(O)C(Cc1ccccc1)N1CCN(S(=O)(=O)c2ccc3ccccc3c2)CC1. The first kappa shape index (κ1) is 20.5. The maximum absolute atomic E-state index is 13.1. The number of carboxylic acids is 1. The van der Waals surface area contributed by atoms with Crippen LogP contribution in [-0.2, 0) is 21.2 Å². The summed E-state index contributed by atoms with van der Waals surface area (Å²) in [6.45, 7) is 1.31. The number of nitrogens with zero attached hydrogens (tertiary/aromatic N) is 2. The highest BCUT2D eigenvalue weighted by Crippen LogP contribution is 2.23. The van der Waals surface area contributed by atoms with Crippen LogP contribution in [-0.4, -0.2) is 60.9 Å². The van der Waals surface area contributed by atoms with Crippen LogP contribution in [0.2, 0.25) is 0 Å². The second-order valence-corrected chi connectivity index (χ2v) is 9.43. The fourth-order valence-corrected chi connectivity index (χ4v) is 5.40. The van der Waals surface area contributed by atoms with Crippen molar-refractivity contribution in [2.45, 2.75) is 17.4 Å². The van der Waals surface area contributed by atoms with Gasteiger partial charge in [-0.3, -0.25) is 9.69 Å². The molecule has 0 aromatic heterocycles. The van der Waals surface area contributed by atoms with Crippen molar-refractivity contribution in [3.63, 3.8) is 0 Å². The number of carbonyl (C=O) groups is 1. The first-order valence-electron chi connectivity index (χ1n) is 9.95.